The number of aryl methyl sites for hydroxylation is 1. The Balaban J connectivity index is 1.51. The summed E-state index contributed by atoms with van der Waals surface area (Å²) >= 11 is 8.45. The zero-order valence-corrected chi connectivity index (χ0v) is 22.4. The number of hydrogen-bond donors (Lipinski definition) is 1. The standard InChI is InChI=1S/C24H17BrFN3O6S2/c1-28-19-10-8-16(12-20(19)34-23(28)31)37(32,33)35-15-6-3-13(4-7-15)24(21(30)29(2)22(36)27-24)14-5-9-18(26)17(25)11-14/h3-12H,1-2H3,(H,27,36). The van der Waals surface area contributed by atoms with Gasteiger partial charge in [0.05, 0.1) is 9.99 Å². The van der Waals surface area contributed by atoms with Gasteiger partial charge in [-0.25, -0.2) is 9.18 Å². The maximum absolute atomic E-state index is 13.9. The Morgan fingerprint density at radius 2 is 1.70 bits per heavy atom. The van der Waals surface area contributed by atoms with Gasteiger partial charge in [0.25, 0.3) is 5.91 Å². The van der Waals surface area contributed by atoms with E-state index in [2.05, 4.69) is 21.2 Å². The number of halogens is 2. The highest BCUT2D eigenvalue weighted by atomic mass is 79.9. The molecule has 1 aromatic heterocycles. The fourth-order valence-corrected chi connectivity index (χ4v) is 5.70. The number of carbonyl (C=O) groups excluding carboxylic acids is 1. The number of thiocarbonyl (C=S) groups is 1. The molecule has 0 radical (unpaired) electrons. The van der Waals surface area contributed by atoms with Crippen molar-refractivity contribution in [2.24, 2.45) is 7.05 Å². The van der Waals surface area contributed by atoms with E-state index in [0.717, 1.165) is 0 Å². The molecular formula is C24H17BrFN3O6S2. The first-order chi connectivity index (χ1) is 17.4. The maximum atomic E-state index is 13.9. The average molecular weight is 606 g/mol. The first kappa shape index (κ1) is 25.1. The number of nitrogens with zero attached hydrogens (tertiary/aromatic N) is 2. The molecule has 1 aliphatic heterocycles. The van der Waals surface area contributed by atoms with E-state index in [1.54, 1.807) is 0 Å². The van der Waals surface area contributed by atoms with Crippen molar-refractivity contribution in [3.05, 3.63) is 92.6 Å². The van der Waals surface area contributed by atoms with E-state index in [0.29, 0.717) is 16.6 Å². The van der Waals surface area contributed by atoms with Crippen molar-refractivity contribution >= 4 is 60.4 Å². The molecule has 190 valence electrons. The minimum absolute atomic E-state index is 0.0184. The number of oxazole rings is 1. The highest BCUT2D eigenvalue weighted by Gasteiger charge is 2.51. The van der Waals surface area contributed by atoms with Crippen LogP contribution in [0, 0.1) is 5.82 Å². The van der Waals surface area contributed by atoms with E-state index < -0.39 is 33.1 Å². The summed E-state index contributed by atoms with van der Waals surface area (Å²) in [5.74, 6) is -1.53. The lowest BCUT2D eigenvalue weighted by atomic mass is 9.82. The van der Waals surface area contributed by atoms with Crippen LogP contribution in [0.2, 0.25) is 0 Å². The third kappa shape index (κ3) is 4.03. The lowest BCUT2D eigenvalue weighted by Gasteiger charge is -2.28. The van der Waals surface area contributed by atoms with Crippen LogP contribution in [0.5, 0.6) is 5.75 Å². The topological polar surface area (TPSA) is 111 Å². The molecule has 0 aliphatic carbocycles. The largest absolute Gasteiger partial charge is 0.419 e. The number of likely N-dealkylation sites (N-methyl/N-ethyl adjacent to an activating group) is 1. The monoisotopic (exact) mass is 605 g/mol. The molecule has 1 atom stereocenters. The molecule has 5 rings (SSSR count). The van der Waals surface area contributed by atoms with Gasteiger partial charge in [-0.2, -0.15) is 8.42 Å². The van der Waals surface area contributed by atoms with Gasteiger partial charge in [-0.3, -0.25) is 14.3 Å². The third-order valence-corrected chi connectivity index (χ3v) is 8.35. The minimum atomic E-state index is -4.28. The number of nitrogens with one attached hydrogen (secondary N) is 1. The van der Waals surface area contributed by atoms with Crippen molar-refractivity contribution in [1.29, 1.82) is 0 Å². The fourth-order valence-electron chi connectivity index (χ4n) is 4.13. The van der Waals surface area contributed by atoms with Crippen LogP contribution >= 0.6 is 28.1 Å². The second-order valence-electron chi connectivity index (χ2n) is 8.29. The number of aromatic nitrogens is 1. The Bertz CT molecular complexity index is 1770. The summed E-state index contributed by atoms with van der Waals surface area (Å²) in [7, 11) is -1.25. The summed E-state index contributed by atoms with van der Waals surface area (Å²) in [6.07, 6.45) is 0. The van der Waals surface area contributed by atoms with Gasteiger partial charge in [0.1, 0.15) is 16.5 Å². The molecule has 9 nitrogen and oxygen atoms in total. The summed E-state index contributed by atoms with van der Waals surface area (Å²) in [4.78, 5) is 26.2. The molecule has 0 saturated carbocycles. The van der Waals surface area contributed by atoms with Crippen LogP contribution in [0.3, 0.4) is 0 Å². The van der Waals surface area contributed by atoms with E-state index >= 15 is 0 Å². The van der Waals surface area contributed by atoms with Crippen molar-refractivity contribution in [2.45, 2.75) is 10.4 Å². The van der Waals surface area contributed by atoms with Crippen LogP contribution in [0.25, 0.3) is 11.1 Å². The number of carbonyl (C=O) groups is 1. The Morgan fingerprint density at radius 3 is 2.32 bits per heavy atom. The van der Waals surface area contributed by atoms with Crippen LogP contribution in [0.1, 0.15) is 11.1 Å². The fraction of sp³-hybridized carbons (Fsp3) is 0.125. The first-order valence-electron chi connectivity index (χ1n) is 10.6. The average Bonchev–Trinajstić information content (AvgIpc) is 3.28. The quantitative estimate of drug-likeness (QED) is 0.272. The maximum Gasteiger partial charge on any atom is 0.419 e. The Morgan fingerprint density at radius 1 is 1.03 bits per heavy atom. The van der Waals surface area contributed by atoms with Crippen molar-refractivity contribution in [3.8, 4) is 5.75 Å². The highest BCUT2D eigenvalue weighted by Crippen LogP contribution is 2.38. The molecule has 1 aliphatic rings. The second kappa shape index (κ2) is 8.78. The zero-order valence-electron chi connectivity index (χ0n) is 19.2. The summed E-state index contributed by atoms with van der Waals surface area (Å²) in [6, 6.07) is 14.0. The summed E-state index contributed by atoms with van der Waals surface area (Å²) in [6.45, 7) is 0. The number of amides is 1. The molecular weight excluding hydrogens is 589 g/mol. The summed E-state index contributed by atoms with van der Waals surface area (Å²) in [5, 5.41) is 3.21. The van der Waals surface area contributed by atoms with Crippen molar-refractivity contribution in [1.82, 2.24) is 14.8 Å². The van der Waals surface area contributed by atoms with E-state index in [-0.39, 0.29) is 25.8 Å². The van der Waals surface area contributed by atoms with Crippen LogP contribution in [0.15, 0.2) is 79.2 Å². The highest BCUT2D eigenvalue weighted by molar-refractivity contribution is 9.10. The molecule has 1 unspecified atom stereocenters. The van der Waals surface area contributed by atoms with Crippen molar-refractivity contribution in [3.63, 3.8) is 0 Å². The SMILES string of the molecule is CN1C(=O)C(c2ccc(OS(=O)(=O)c3ccc4c(c3)oc(=O)n4C)cc2)(c2ccc(F)c(Br)c2)NC1=S. The normalized spacial score (nSPS) is 17.9. The van der Waals surface area contributed by atoms with Crippen molar-refractivity contribution in [2.75, 3.05) is 7.05 Å². The Labute approximate surface area is 223 Å². The van der Waals surface area contributed by atoms with Gasteiger partial charge in [0, 0.05) is 20.2 Å². The molecule has 3 aromatic carbocycles. The van der Waals surface area contributed by atoms with Gasteiger partial charge in [-0.05, 0) is 75.7 Å². The molecule has 1 amide bonds. The van der Waals surface area contributed by atoms with Gasteiger partial charge in [0.15, 0.2) is 16.2 Å². The Hall–Kier alpha value is -3.55. The van der Waals surface area contributed by atoms with Crippen LogP contribution < -0.4 is 15.3 Å². The molecule has 37 heavy (non-hydrogen) atoms. The van der Waals surface area contributed by atoms with Crippen LogP contribution in [0.4, 0.5) is 4.39 Å². The molecule has 1 saturated heterocycles. The minimum Gasteiger partial charge on any atom is -0.408 e. The summed E-state index contributed by atoms with van der Waals surface area (Å²) < 4.78 is 51.5. The number of fused-ring (bicyclic) bond motifs is 1. The number of hydrogen-bond acceptors (Lipinski definition) is 7. The molecule has 1 N–H and O–H groups in total. The van der Waals surface area contributed by atoms with Gasteiger partial charge in [-0.1, -0.05) is 18.2 Å². The van der Waals surface area contributed by atoms with E-state index in [4.69, 9.17) is 20.8 Å². The smallest absolute Gasteiger partial charge is 0.408 e. The number of benzene rings is 3. The first-order valence-corrected chi connectivity index (χ1v) is 13.3. The lowest BCUT2D eigenvalue weighted by molar-refractivity contribution is -0.129. The molecule has 1 fully saturated rings. The van der Waals surface area contributed by atoms with Crippen LogP contribution in [-0.2, 0) is 27.5 Å². The van der Waals surface area contributed by atoms with E-state index in [9.17, 15) is 22.4 Å². The predicted octanol–water partition coefficient (Wildman–Crippen LogP) is 3.39. The van der Waals surface area contributed by atoms with E-state index in [1.807, 2.05) is 0 Å². The lowest BCUT2D eigenvalue weighted by Crippen LogP contribution is -2.45. The van der Waals surface area contributed by atoms with Gasteiger partial charge < -0.3 is 13.9 Å². The van der Waals surface area contributed by atoms with Gasteiger partial charge in [0.2, 0.25) is 0 Å². The summed E-state index contributed by atoms with van der Waals surface area (Å²) in [5.41, 5.74) is -0.0696. The van der Waals surface area contributed by atoms with Crippen LogP contribution in [-0.4, -0.2) is 36.0 Å². The van der Waals surface area contributed by atoms with Gasteiger partial charge in [-0.15, -0.1) is 0 Å². The zero-order chi connectivity index (χ0) is 26.7. The molecule has 4 aromatic rings. The van der Waals surface area contributed by atoms with Crippen molar-refractivity contribution < 1.29 is 26.2 Å². The molecule has 13 heteroatoms. The van der Waals surface area contributed by atoms with Gasteiger partial charge >= 0.3 is 15.9 Å². The molecule has 0 spiro atoms. The number of rotatable bonds is 5. The molecule has 2 heterocycles. The second-order valence-corrected chi connectivity index (χ2v) is 11.1. The van der Waals surface area contributed by atoms with E-state index in [1.165, 1.54) is 84.2 Å². The third-order valence-electron chi connectivity index (χ3n) is 6.12. The predicted molar refractivity (Wildman–Crippen MR) is 139 cm³/mol. The Kier molecular flexibility index (Phi) is 5.96. The molecule has 0 bridgehead atoms.